The highest BCUT2D eigenvalue weighted by molar-refractivity contribution is 7.99. The quantitative estimate of drug-likeness (QED) is 0.444. The predicted molar refractivity (Wildman–Crippen MR) is 46.7 cm³/mol. The van der Waals surface area contributed by atoms with Crippen LogP contribution in [0, 0.1) is 0 Å². The molecule has 0 bridgehead atoms. The molecule has 0 N–H and O–H groups in total. The first-order valence-corrected chi connectivity index (χ1v) is 4.83. The molecule has 0 spiro atoms. The van der Waals surface area contributed by atoms with Crippen LogP contribution in [0.5, 0.6) is 0 Å². The van der Waals surface area contributed by atoms with Gasteiger partial charge in [0, 0.05) is 11.8 Å². The summed E-state index contributed by atoms with van der Waals surface area (Å²) >= 11 is 1.88. The molecule has 0 saturated carbocycles. The normalized spacial score (nSPS) is 21.7. The molecule has 11 heavy (non-hydrogen) atoms. The third-order valence-corrected chi connectivity index (χ3v) is 2.75. The summed E-state index contributed by atoms with van der Waals surface area (Å²) in [5, 5.41) is 0. The molecule has 0 unspecified atom stereocenters. The van der Waals surface area contributed by atoms with Crippen molar-refractivity contribution in [3.63, 3.8) is 0 Å². The number of hydrogen-bond donors (Lipinski definition) is 0. The molecule has 0 aliphatic carbocycles. The summed E-state index contributed by atoms with van der Waals surface area (Å²) in [5.41, 5.74) is 1.22. The van der Waals surface area contributed by atoms with Gasteiger partial charge in [-0.05, 0) is 18.6 Å². The summed E-state index contributed by atoms with van der Waals surface area (Å²) in [6, 6.07) is 0. The van der Waals surface area contributed by atoms with Gasteiger partial charge in [0.25, 0.3) is 0 Å². The molecule has 2 nitrogen and oxygen atoms in total. The molecule has 0 atom stereocenters. The highest BCUT2D eigenvalue weighted by atomic mass is 32.2. The average molecular weight is 172 g/mol. The van der Waals surface area contributed by atoms with Crippen LogP contribution in [0.15, 0.2) is 11.6 Å². The summed E-state index contributed by atoms with van der Waals surface area (Å²) in [4.78, 5) is 10.8. The Hall–Kier alpha value is -0.440. The molecule has 0 aromatic carbocycles. The Balaban J connectivity index is 2.43. The van der Waals surface area contributed by atoms with Crippen molar-refractivity contribution in [3.05, 3.63) is 11.6 Å². The van der Waals surface area contributed by atoms with E-state index in [2.05, 4.69) is 4.74 Å². The van der Waals surface area contributed by atoms with Gasteiger partial charge < -0.3 is 4.74 Å². The molecule has 1 rings (SSSR count). The molecular weight excluding hydrogens is 160 g/mol. The first-order valence-electron chi connectivity index (χ1n) is 3.68. The third-order valence-electron chi connectivity index (χ3n) is 1.60. The van der Waals surface area contributed by atoms with Gasteiger partial charge >= 0.3 is 5.97 Å². The third kappa shape index (κ3) is 2.97. The van der Waals surface area contributed by atoms with Gasteiger partial charge in [0.2, 0.25) is 0 Å². The van der Waals surface area contributed by atoms with Crippen molar-refractivity contribution in [1.82, 2.24) is 0 Å². The van der Waals surface area contributed by atoms with Gasteiger partial charge in [-0.2, -0.15) is 11.8 Å². The molecule has 0 radical (unpaired) electrons. The van der Waals surface area contributed by atoms with E-state index in [1.807, 2.05) is 11.8 Å². The number of carbonyl (C=O) groups is 1. The first-order chi connectivity index (χ1) is 5.33. The van der Waals surface area contributed by atoms with Crippen LogP contribution in [0.25, 0.3) is 0 Å². The SMILES string of the molecule is COC(=O)/C=C1\CCCSC1. The van der Waals surface area contributed by atoms with Crippen LogP contribution in [-0.2, 0) is 9.53 Å². The van der Waals surface area contributed by atoms with Crippen LogP contribution in [-0.4, -0.2) is 24.6 Å². The molecular formula is C8H12O2S. The standard InChI is InChI=1S/C8H12O2S/c1-10-8(9)5-7-3-2-4-11-6-7/h5H,2-4,6H2,1H3/b7-5+. The van der Waals surface area contributed by atoms with Gasteiger partial charge in [-0.25, -0.2) is 4.79 Å². The van der Waals surface area contributed by atoms with Crippen LogP contribution < -0.4 is 0 Å². The molecule has 1 fully saturated rings. The van der Waals surface area contributed by atoms with Crippen molar-refractivity contribution in [2.45, 2.75) is 12.8 Å². The van der Waals surface area contributed by atoms with Crippen molar-refractivity contribution in [3.8, 4) is 0 Å². The van der Waals surface area contributed by atoms with Gasteiger partial charge in [0.1, 0.15) is 0 Å². The number of methoxy groups -OCH3 is 1. The van der Waals surface area contributed by atoms with E-state index in [9.17, 15) is 4.79 Å². The van der Waals surface area contributed by atoms with Crippen LogP contribution in [0.2, 0.25) is 0 Å². The molecule has 0 aromatic rings. The second kappa shape index (κ2) is 4.44. The second-order valence-electron chi connectivity index (χ2n) is 2.48. The fraction of sp³-hybridized carbons (Fsp3) is 0.625. The van der Waals surface area contributed by atoms with Crippen LogP contribution >= 0.6 is 11.8 Å². The van der Waals surface area contributed by atoms with Crippen molar-refractivity contribution in [1.29, 1.82) is 0 Å². The largest absolute Gasteiger partial charge is 0.466 e. The molecule has 3 heteroatoms. The predicted octanol–water partition coefficient (Wildman–Crippen LogP) is 1.61. The minimum absolute atomic E-state index is 0.220. The topological polar surface area (TPSA) is 26.3 Å². The molecule has 0 aromatic heterocycles. The van der Waals surface area contributed by atoms with E-state index in [0.717, 1.165) is 12.2 Å². The summed E-state index contributed by atoms with van der Waals surface area (Å²) in [7, 11) is 1.41. The average Bonchev–Trinajstić information content (AvgIpc) is 2.06. The zero-order valence-corrected chi connectivity index (χ0v) is 7.45. The summed E-state index contributed by atoms with van der Waals surface area (Å²) in [5.74, 6) is 2.00. The Morgan fingerprint density at radius 2 is 2.55 bits per heavy atom. The zero-order valence-electron chi connectivity index (χ0n) is 6.63. The van der Waals surface area contributed by atoms with E-state index >= 15 is 0 Å². The highest BCUT2D eigenvalue weighted by Gasteiger charge is 2.06. The Bertz CT molecular complexity index is 167. The highest BCUT2D eigenvalue weighted by Crippen LogP contribution is 2.21. The maximum atomic E-state index is 10.8. The van der Waals surface area contributed by atoms with Crippen LogP contribution in [0.4, 0.5) is 0 Å². The van der Waals surface area contributed by atoms with Gasteiger partial charge in [0.05, 0.1) is 7.11 Å². The Kier molecular flexibility index (Phi) is 3.49. The zero-order chi connectivity index (χ0) is 8.10. The van der Waals surface area contributed by atoms with Crippen molar-refractivity contribution < 1.29 is 9.53 Å². The molecule has 1 aliphatic heterocycles. The van der Waals surface area contributed by atoms with Crippen LogP contribution in [0.3, 0.4) is 0 Å². The van der Waals surface area contributed by atoms with Gasteiger partial charge in [0.15, 0.2) is 0 Å². The fourth-order valence-electron chi connectivity index (χ4n) is 1.02. The van der Waals surface area contributed by atoms with Crippen molar-refractivity contribution >= 4 is 17.7 Å². The molecule has 0 amide bonds. The Labute approximate surface area is 71.0 Å². The lowest BCUT2D eigenvalue weighted by Gasteiger charge is -2.12. The van der Waals surface area contributed by atoms with Gasteiger partial charge in [-0.3, -0.25) is 0 Å². The summed E-state index contributed by atoms with van der Waals surface area (Å²) in [6.45, 7) is 0. The van der Waals surface area contributed by atoms with E-state index in [4.69, 9.17) is 0 Å². The number of hydrogen-bond acceptors (Lipinski definition) is 3. The second-order valence-corrected chi connectivity index (χ2v) is 3.59. The van der Waals surface area contributed by atoms with E-state index in [1.165, 1.54) is 24.9 Å². The Morgan fingerprint density at radius 1 is 1.73 bits per heavy atom. The van der Waals surface area contributed by atoms with Crippen molar-refractivity contribution in [2.24, 2.45) is 0 Å². The first kappa shape index (κ1) is 8.65. The van der Waals surface area contributed by atoms with Crippen LogP contribution in [0.1, 0.15) is 12.8 Å². The molecule has 62 valence electrons. The van der Waals surface area contributed by atoms with E-state index in [1.54, 1.807) is 6.08 Å². The van der Waals surface area contributed by atoms with E-state index < -0.39 is 0 Å². The number of ether oxygens (including phenoxy) is 1. The molecule has 1 aliphatic rings. The summed E-state index contributed by atoms with van der Waals surface area (Å²) in [6.07, 6.45) is 3.86. The minimum Gasteiger partial charge on any atom is -0.466 e. The number of carbonyl (C=O) groups excluding carboxylic acids is 1. The lowest BCUT2D eigenvalue weighted by molar-refractivity contribution is -0.134. The fourth-order valence-corrected chi connectivity index (χ4v) is 2.00. The van der Waals surface area contributed by atoms with Gasteiger partial charge in [-0.1, -0.05) is 5.57 Å². The molecule has 1 heterocycles. The maximum absolute atomic E-state index is 10.8. The van der Waals surface area contributed by atoms with E-state index in [0.29, 0.717) is 0 Å². The lowest BCUT2D eigenvalue weighted by Crippen LogP contribution is -2.03. The lowest BCUT2D eigenvalue weighted by atomic mass is 10.1. The maximum Gasteiger partial charge on any atom is 0.330 e. The number of rotatable bonds is 1. The smallest absolute Gasteiger partial charge is 0.330 e. The van der Waals surface area contributed by atoms with Crippen molar-refractivity contribution in [2.75, 3.05) is 18.6 Å². The van der Waals surface area contributed by atoms with Gasteiger partial charge in [-0.15, -0.1) is 0 Å². The number of thioether (sulfide) groups is 1. The number of esters is 1. The van der Waals surface area contributed by atoms with E-state index in [-0.39, 0.29) is 5.97 Å². The molecule has 1 saturated heterocycles. The monoisotopic (exact) mass is 172 g/mol. The minimum atomic E-state index is -0.220. The Morgan fingerprint density at radius 3 is 3.09 bits per heavy atom. The summed E-state index contributed by atoms with van der Waals surface area (Å²) < 4.78 is 4.53.